The van der Waals surface area contributed by atoms with Crippen LogP contribution in [0.5, 0.6) is 0 Å². The molecule has 2 amide bonds. The molecule has 3 aromatic carbocycles. The van der Waals surface area contributed by atoms with Gasteiger partial charge in [0.15, 0.2) is 0 Å². The molecule has 1 atom stereocenters. The van der Waals surface area contributed by atoms with Crippen LogP contribution in [0.15, 0.2) is 66.7 Å². The van der Waals surface area contributed by atoms with E-state index in [1.165, 1.54) is 0 Å². The first-order valence-electron chi connectivity index (χ1n) is 7.91. The number of aryl methyl sites for hydroxylation is 1. The van der Waals surface area contributed by atoms with Gasteiger partial charge in [0.2, 0.25) is 0 Å². The first-order chi connectivity index (χ1) is 11.6. The predicted molar refractivity (Wildman–Crippen MR) is 97.1 cm³/mol. The van der Waals surface area contributed by atoms with E-state index in [0.717, 1.165) is 27.6 Å². The molecule has 3 aromatic rings. The molecule has 24 heavy (non-hydrogen) atoms. The lowest BCUT2D eigenvalue weighted by molar-refractivity contribution is 0.176. The van der Waals surface area contributed by atoms with Crippen molar-refractivity contribution in [2.75, 3.05) is 11.9 Å². The number of urea groups is 1. The molecule has 4 nitrogen and oxygen atoms in total. The van der Waals surface area contributed by atoms with Gasteiger partial charge in [-0.1, -0.05) is 60.7 Å². The average molecular weight is 320 g/mol. The van der Waals surface area contributed by atoms with Crippen molar-refractivity contribution in [3.05, 3.63) is 77.9 Å². The Kier molecular flexibility index (Phi) is 4.77. The second kappa shape index (κ2) is 7.15. The number of hydrogen-bond acceptors (Lipinski definition) is 2. The highest BCUT2D eigenvalue weighted by Gasteiger charge is 2.12. The molecule has 1 unspecified atom stereocenters. The van der Waals surface area contributed by atoms with Gasteiger partial charge in [-0.15, -0.1) is 0 Å². The Bertz CT molecular complexity index is 856. The fraction of sp³-hybridized carbons (Fsp3) is 0.150. The highest BCUT2D eigenvalue weighted by Crippen LogP contribution is 2.23. The monoisotopic (exact) mass is 320 g/mol. The zero-order valence-corrected chi connectivity index (χ0v) is 13.5. The highest BCUT2D eigenvalue weighted by atomic mass is 16.3. The molecule has 0 fully saturated rings. The number of aliphatic hydroxyl groups excluding tert-OH is 1. The summed E-state index contributed by atoms with van der Waals surface area (Å²) >= 11 is 0. The molecule has 3 rings (SSSR count). The zero-order chi connectivity index (χ0) is 16.9. The van der Waals surface area contributed by atoms with Crippen LogP contribution in [0.3, 0.4) is 0 Å². The minimum atomic E-state index is -0.765. The molecule has 0 spiro atoms. The topological polar surface area (TPSA) is 61.4 Å². The summed E-state index contributed by atoms with van der Waals surface area (Å²) in [5.41, 5.74) is 2.56. The first-order valence-corrected chi connectivity index (χ1v) is 7.91. The van der Waals surface area contributed by atoms with Crippen molar-refractivity contribution in [2.24, 2.45) is 0 Å². The van der Waals surface area contributed by atoms with Crippen LogP contribution < -0.4 is 10.6 Å². The second-order valence-electron chi connectivity index (χ2n) is 5.73. The second-order valence-corrected chi connectivity index (χ2v) is 5.73. The average Bonchev–Trinajstić information content (AvgIpc) is 2.61. The molecule has 0 bridgehead atoms. The fourth-order valence-electron chi connectivity index (χ4n) is 2.72. The largest absolute Gasteiger partial charge is 0.387 e. The molecule has 4 heteroatoms. The maximum Gasteiger partial charge on any atom is 0.319 e. The Hall–Kier alpha value is -2.85. The van der Waals surface area contributed by atoms with Crippen molar-refractivity contribution in [2.45, 2.75) is 13.0 Å². The number of rotatable bonds is 4. The number of benzene rings is 3. The quantitative estimate of drug-likeness (QED) is 0.680. The third-order valence-corrected chi connectivity index (χ3v) is 4.03. The smallest absolute Gasteiger partial charge is 0.319 e. The summed E-state index contributed by atoms with van der Waals surface area (Å²) in [6.45, 7) is 2.08. The Balaban J connectivity index is 1.65. The van der Waals surface area contributed by atoms with Crippen LogP contribution >= 0.6 is 0 Å². The van der Waals surface area contributed by atoms with Gasteiger partial charge >= 0.3 is 6.03 Å². The van der Waals surface area contributed by atoms with Gasteiger partial charge in [-0.3, -0.25) is 0 Å². The molecule has 0 saturated carbocycles. The molecule has 3 N–H and O–H groups in total. The Morgan fingerprint density at radius 3 is 2.54 bits per heavy atom. The van der Waals surface area contributed by atoms with Crippen LogP contribution in [0.1, 0.15) is 17.2 Å². The van der Waals surface area contributed by atoms with E-state index in [1.54, 1.807) is 0 Å². The first kappa shape index (κ1) is 16.0. The van der Waals surface area contributed by atoms with Crippen LogP contribution in [0.25, 0.3) is 10.8 Å². The van der Waals surface area contributed by atoms with Gasteiger partial charge in [-0.05, 0) is 34.9 Å². The van der Waals surface area contributed by atoms with Crippen molar-refractivity contribution in [3.63, 3.8) is 0 Å². The standard InChI is InChI=1S/C20H20N2O2/c1-14-7-2-5-12-18(14)22-20(24)21-13-19(23)17-11-6-9-15-8-3-4-10-16(15)17/h2-12,19,23H,13H2,1H3,(H2,21,22,24). The van der Waals surface area contributed by atoms with Crippen LogP contribution in [-0.4, -0.2) is 17.7 Å². The molecular weight excluding hydrogens is 300 g/mol. The van der Waals surface area contributed by atoms with E-state index >= 15 is 0 Å². The summed E-state index contributed by atoms with van der Waals surface area (Å²) in [7, 11) is 0. The summed E-state index contributed by atoms with van der Waals surface area (Å²) < 4.78 is 0. The minimum absolute atomic E-state index is 0.145. The predicted octanol–water partition coefficient (Wildman–Crippen LogP) is 4.00. The van der Waals surface area contributed by atoms with E-state index in [-0.39, 0.29) is 12.6 Å². The number of anilines is 1. The van der Waals surface area contributed by atoms with Crippen LogP contribution in [0.2, 0.25) is 0 Å². The molecule has 0 heterocycles. The summed E-state index contributed by atoms with van der Waals surface area (Å²) in [5.74, 6) is 0. The maximum absolute atomic E-state index is 12.0. The third kappa shape index (κ3) is 3.55. The van der Waals surface area contributed by atoms with E-state index in [0.29, 0.717) is 0 Å². The van der Waals surface area contributed by atoms with E-state index in [4.69, 9.17) is 0 Å². The summed E-state index contributed by atoms with van der Waals surface area (Å²) in [5, 5.41) is 18.0. The molecular formula is C20H20N2O2. The summed E-state index contributed by atoms with van der Waals surface area (Å²) in [6, 6.07) is 20.9. The van der Waals surface area contributed by atoms with E-state index in [1.807, 2.05) is 73.7 Å². The third-order valence-electron chi connectivity index (χ3n) is 4.03. The van der Waals surface area contributed by atoms with Crippen molar-refractivity contribution in [1.82, 2.24) is 5.32 Å². The van der Waals surface area contributed by atoms with E-state index in [2.05, 4.69) is 10.6 Å². The van der Waals surface area contributed by atoms with E-state index < -0.39 is 6.10 Å². The highest BCUT2D eigenvalue weighted by molar-refractivity contribution is 5.90. The summed E-state index contributed by atoms with van der Waals surface area (Å²) in [6.07, 6.45) is -0.765. The number of carbonyl (C=O) groups is 1. The van der Waals surface area contributed by atoms with Crippen molar-refractivity contribution in [3.8, 4) is 0 Å². The Morgan fingerprint density at radius 1 is 1.00 bits per heavy atom. The zero-order valence-electron chi connectivity index (χ0n) is 13.5. The molecule has 0 radical (unpaired) electrons. The van der Waals surface area contributed by atoms with Gasteiger partial charge < -0.3 is 15.7 Å². The Labute approximate surface area is 141 Å². The number of nitrogens with one attached hydrogen (secondary N) is 2. The van der Waals surface area contributed by atoms with Gasteiger partial charge in [-0.2, -0.15) is 0 Å². The van der Waals surface area contributed by atoms with Gasteiger partial charge in [0, 0.05) is 12.2 Å². The number of aliphatic hydroxyl groups is 1. The number of para-hydroxylation sites is 1. The molecule has 0 aliphatic rings. The minimum Gasteiger partial charge on any atom is -0.387 e. The number of amides is 2. The number of fused-ring (bicyclic) bond motifs is 1. The maximum atomic E-state index is 12.0. The van der Waals surface area contributed by atoms with E-state index in [9.17, 15) is 9.90 Å². The van der Waals surface area contributed by atoms with Gasteiger partial charge in [0.05, 0.1) is 6.10 Å². The fourth-order valence-corrected chi connectivity index (χ4v) is 2.72. The number of carbonyl (C=O) groups excluding carboxylic acids is 1. The van der Waals surface area contributed by atoms with Gasteiger partial charge in [0.1, 0.15) is 0 Å². The lowest BCUT2D eigenvalue weighted by Crippen LogP contribution is -2.32. The molecule has 0 aromatic heterocycles. The van der Waals surface area contributed by atoms with Gasteiger partial charge in [0.25, 0.3) is 0 Å². The number of hydrogen-bond donors (Lipinski definition) is 3. The normalized spacial score (nSPS) is 11.9. The molecule has 122 valence electrons. The lowest BCUT2D eigenvalue weighted by atomic mass is 10.0. The van der Waals surface area contributed by atoms with Gasteiger partial charge in [-0.25, -0.2) is 4.79 Å². The van der Waals surface area contributed by atoms with Crippen molar-refractivity contribution >= 4 is 22.5 Å². The Morgan fingerprint density at radius 2 is 1.71 bits per heavy atom. The summed E-state index contributed by atoms with van der Waals surface area (Å²) in [4.78, 5) is 12.0. The van der Waals surface area contributed by atoms with Crippen LogP contribution in [0.4, 0.5) is 10.5 Å². The molecule has 0 aliphatic heterocycles. The van der Waals surface area contributed by atoms with Crippen molar-refractivity contribution < 1.29 is 9.90 Å². The van der Waals surface area contributed by atoms with Crippen molar-refractivity contribution in [1.29, 1.82) is 0 Å². The van der Waals surface area contributed by atoms with Crippen LogP contribution in [-0.2, 0) is 0 Å². The lowest BCUT2D eigenvalue weighted by Gasteiger charge is -2.15. The molecule has 0 saturated heterocycles. The van der Waals surface area contributed by atoms with Crippen LogP contribution in [0, 0.1) is 6.92 Å². The molecule has 0 aliphatic carbocycles. The SMILES string of the molecule is Cc1ccccc1NC(=O)NCC(O)c1cccc2ccccc12.